The first-order valence-corrected chi connectivity index (χ1v) is 5.62. The topological polar surface area (TPSA) is 98.7 Å². The molecule has 0 aromatic heterocycles. The molecule has 0 radical (unpaired) electrons. The van der Waals surface area contributed by atoms with E-state index in [2.05, 4.69) is 10.6 Å². The van der Waals surface area contributed by atoms with Crippen LogP contribution in [0.3, 0.4) is 0 Å². The molecule has 7 nitrogen and oxygen atoms in total. The minimum absolute atomic E-state index is 0.0832. The number of aliphatic carboxylic acids is 1. The number of nitrogens with one attached hydrogen (secondary N) is 2. The highest BCUT2D eigenvalue weighted by Gasteiger charge is 2.23. The minimum Gasteiger partial charge on any atom is -0.481 e. The summed E-state index contributed by atoms with van der Waals surface area (Å²) in [6, 6.07) is -0.479. The summed E-state index contributed by atoms with van der Waals surface area (Å²) in [5.41, 5.74) is -0.832. The monoisotopic (exact) mass is 259 g/mol. The van der Waals surface area contributed by atoms with Gasteiger partial charge in [-0.1, -0.05) is 0 Å². The largest absolute Gasteiger partial charge is 0.481 e. The number of carboxylic acids is 1. The Morgan fingerprint density at radius 1 is 1.22 bits per heavy atom. The van der Waals surface area contributed by atoms with Crippen LogP contribution in [-0.4, -0.2) is 54.1 Å². The van der Waals surface area contributed by atoms with Crippen molar-refractivity contribution in [1.29, 1.82) is 0 Å². The summed E-state index contributed by atoms with van der Waals surface area (Å²) in [4.78, 5) is 34.7. The van der Waals surface area contributed by atoms with Crippen LogP contribution in [0.4, 0.5) is 4.79 Å². The van der Waals surface area contributed by atoms with Crippen LogP contribution in [0.1, 0.15) is 26.7 Å². The third kappa shape index (κ3) is 7.48. The molecule has 0 heterocycles. The van der Waals surface area contributed by atoms with Crippen molar-refractivity contribution in [3.8, 4) is 0 Å². The number of nitrogens with zero attached hydrogens (tertiary/aromatic N) is 1. The summed E-state index contributed by atoms with van der Waals surface area (Å²) in [6.07, 6.45) is 0.0385. The Balaban J connectivity index is 3.98. The van der Waals surface area contributed by atoms with Crippen LogP contribution in [0, 0.1) is 0 Å². The van der Waals surface area contributed by atoms with E-state index in [0.29, 0.717) is 0 Å². The number of carbonyl (C=O) groups is 3. The van der Waals surface area contributed by atoms with E-state index in [0.717, 1.165) is 0 Å². The third-order valence-corrected chi connectivity index (χ3v) is 2.17. The van der Waals surface area contributed by atoms with E-state index < -0.39 is 17.5 Å². The molecule has 0 aliphatic carbocycles. The Morgan fingerprint density at radius 2 is 1.78 bits per heavy atom. The smallest absolute Gasteiger partial charge is 0.315 e. The van der Waals surface area contributed by atoms with Crippen molar-refractivity contribution in [2.45, 2.75) is 32.2 Å². The van der Waals surface area contributed by atoms with Crippen LogP contribution in [-0.2, 0) is 9.59 Å². The highest BCUT2D eigenvalue weighted by atomic mass is 16.4. The number of carbonyl (C=O) groups excluding carboxylic acids is 2. The Labute approximate surface area is 107 Å². The van der Waals surface area contributed by atoms with Crippen molar-refractivity contribution in [2.75, 3.05) is 20.6 Å². The van der Waals surface area contributed by atoms with Gasteiger partial charge in [0.1, 0.15) is 0 Å². The number of hydrogen-bond acceptors (Lipinski definition) is 3. The Kier molecular flexibility index (Phi) is 6.15. The first-order valence-electron chi connectivity index (χ1n) is 5.62. The van der Waals surface area contributed by atoms with E-state index in [1.165, 1.54) is 4.90 Å². The van der Waals surface area contributed by atoms with Gasteiger partial charge < -0.3 is 20.6 Å². The molecular weight excluding hydrogens is 238 g/mol. The third-order valence-electron chi connectivity index (χ3n) is 2.17. The lowest BCUT2D eigenvalue weighted by Gasteiger charge is -2.24. The van der Waals surface area contributed by atoms with Crippen LogP contribution < -0.4 is 10.6 Å². The van der Waals surface area contributed by atoms with Crippen LogP contribution in [0.5, 0.6) is 0 Å². The second-order valence-electron chi connectivity index (χ2n) is 4.87. The Bertz CT molecular complexity index is 326. The average molecular weight is 259 g/mol. The zero-order valence-corrected chi connectivity index (χ0v) is 11.2. The first kappa shape index (κ1) is 16.2. The molecule has 3 amide bonds. The number of amides is 3. The quantitative estimate of drug-likeness (QED) is 0.626. The summed E-state index contributed by atoms with van der Waals surface area (Å²) < 4.78 is 0. The zero-order chi connectivity index (χ0) is 14.3. The highest BCUT2D eigenvalue weighted by molar-refractivity contribution is 5.78. The van der Waals surface area contributed by atoms with E-state index in [-0.39, 0.29) is 25.3 Å². The predicted molar refractivity (Wildman–Crippen MR) is 66.2 cm³/mol. The molecule has 0 saturated carbocycles. The molecule has 104 valence electrons. The number of carboxylic acid groups (broad SMARTS) is 1. The van der Waals surface area contributed by atoms with E-state index >= 15 is 0 Å². The average Bonchev–Trinajstić information content (AvgIpc) is 2.13. The molecule has 3 N–H and O–H groups in total. The maximum Gasteiger partial charge on any atom is 0.315 e. The van der Waals surface area contributed by atoms with Gasteiger partial charge in [0.15, 0.2) is 0 Å². The van der Waals surface area contributed by atoms with E-state index in [4.69, 9.17) is 5.11 Å². The summed E-state index contributed by atoms with van der Waals surface area (Å²) in [7, 11) is 3.27. The second kappa shape index (κ2) is 6.83. The van der Waals surface area contributed by atoms with Crippen LogP contribution in [0.15, 0.2) is 0 Å². The van der Waals surface area contributed by atoms with Gasteiger partial charge in [-0.05, 0) is 13.8 Å². The summed E-state index contributed by atoms with van der Waals surface area (Å²) in [5, 5.41) is 13.7. The van der Waals surface area contributed by atoms with Crippen molar-refractivity contribution < 1.29 is 19.5 Å². The lowest BCUT2D eigenvalue weighted by molar-refractivity contribution is -0.138. The van der Waals surface area contributed by atoms with Crippen molar-refractivity contribution in [1.82, 2.24) is 15.5 Å². The van der Waals surface area contributed by atoms with Gasteiger partial charge in [0.25, 0.3) is 0 Å². The van der Waals surface area contributed by atoms with Gasteiger partial charge in [0.2, 0.25) is 5.91 Å². The summed E-state index contributed by atoms with van der Waals surface area (Å²) >= 11 is 0. The predicted octanol–water partition coefficient (Wildman–Crippen LogP) is 0.0172. The fourth-order valence-corrected chi connectivity index (χ4v) is 1.28. The van der Waals surface area contributed by atoms with Crippen molar-refractivity contribution in [2.24, 2.45) is 0 Å². The number of hydrogen-bond donors (Lipinski definition) is 3. The zero-order valence-electron chi connectivity index (χ0n) is 11.2. The molecule has 0 aromatic carbocycles. The Morgan fingerprint density at radius 3 is 2.22 bits per heavy atom. The van der Waals surface area contributed by atoms with E-state index in [1.54, 1.807) is 27.9 Å². The summed E-state index contributed by atoms with van der Waals surface area (Å²) in [6.45, 7) is 3.45. The SMILES string of the molecule is CN(C)C(=O)CCNC(=O)NC(C)(C)CC(=O)O. The molecule has 0 spiro atoms. The van der Waals surface area contributed by atoms with Gasteiger partial charge in [-0.2, -0.15) is 0 Å². The number of urea groups is 1. The van der Waals surface area contributed by atoms with Gasteiger partial charge in [0.05, 0.1) is 6.42 Å². The maximum absolute atomic E-state index is 11.5. The van der Waals surface area contributed by atoms with Crippen molar-refractivity contribution in [3.63, 3.8) is 0 Å². The minimum atomic E-state index is -0.983. The van der Waals surface area contributed by atoms with E-state index in [9.17, 15) is 14.4 Å². The molecule has 0 rings (SSSR count). The molecule has 0 aliphatic heterocycles. The summed E-state index contributed by atoms with van der Waals surface area (Å²) in [5.74, 6) is -1.07. The fourth-order valence-electron chi connectivity index (χ4n) is 1.28. The van der Waals surface area contributed by atoms with Crippen LogP contribution in [0.2, 0.25) is 0 Å². The highest BCUT2D eigenvalue weighted by Crippen LogP contribution is 2.07. The molecule has 0 atom stereocenters. The van der Waals surface area contributed by atoms with Gasteiger partial charge >= 0.3 is 12.0 Å². The van der Waals surface area contributed by atoms with Crippen molar-refractivity contribution in [3.05, 3.63) is 0 Å². The van der Waals surface area contributed by atoms with Gasteiger partial charge in [-0.3, -0.25) is 9.59 Å². The van der Waals surface area contributed by atoms with Gasteiger partial charge in [-0.15, -0.1) is 0 Å². The maximum atomic E-state index is 11.5. The molecule has 0 fully saturated rings. The molecule has 18 heavy (non-hydrogen) atoms. The molecular formula is C11H21N3O4. The Hall–Kier alpha value is -1.79. The molecule has 0 aromatic rings. The standard InChI is InChI=1S/C11H21N3O4/c1-11(2,7-9(16)17)13-10(18)12-6-5-8(15)14(3)4/h5-7H2,1-4H3,(H,16,17)(H2,12,13,18). The van der Waals surface area contributed by atoms with Crippen molar-refractivity contribution >= 4 is 17.9 Å². The van der Waals surface area contributed by atoms with E-state index in [1.807, 2.05) is 0 Å². The molecule has 7 heteroatoms. The second-order valence-corrected chi connectivity index (χ2v) is 4.87. The lowest BCUT2D eigenvalue weighted by Crippen LogP contribution is -2.49. The normalized spacial score (nSPS) is 10.7. The molecule has 0 aliphatic rings. The van der Waals surface area contributed by atoms with Crippen LogP contribution >= 0.6 is 0 Å². The molecule has 0 bridgehead atoms. The fraction of sp³-hybridized carbons (Fsp3) is 0.727. The lowest BCUT2D eigenvalue weighted by atomic mass is 10.0. The van der Waals surface area contributed by atoms with Crippen LogP contribution in [0.25, 0.3) is 0 Å². The van der Waals surface area contributed by atoms with Gasteiger partial charge in [0, 0.05) is 32.6 Å². The number of rotatable bonds is 6. The van der Waals surface area contributed by atoms with Gasteiger partial charge in [-0.25, -0.2) is 4.79 Å². The molecule has 0 saturated heterocycles. The molecule has 0 unspecified atom stereocenters. The first-order chi connectivity index (χ1) is 8.14.